The van der Waals surface area contributed by atoms with Crippen molar-refractivity contribution in [1.29, 1.82) is 0 Å². The molecule has 1 aromatic carbocycles. The molecule has 2 heterocycles. The van der Waals surface area contributed by atoms with Crippen molar-refractivity contribution in [3.05, 3.63) is 30.6 Å². The van der Waals surface area contributed by atoms with Crippen LogP contribution in [0.3, 0.4) is 0 Å². The molecule has 2 aromatic heterocycles. The minimum Gasteiger partial charge on any atom is -0.493 e. The lowest BCUT2D eigenvalue weighted by atomic mass is 10.0. The van der Waals surface area contributed by atoms with E-state index in [1.54, 1.807) is 33.7 Å². The molecule has 21 heavy (non-hydrogen) atoms. The molecule has 3 rings (SSSR count). The Bertz CT molecular complexity index is 758. The van der Waals surface area contributed by atoms with Crippen LogP contribution in [-0.4, -0.2) is 36.5 Å². The SMILES string of the molecule is COc1cc(-c2ccnc3[nH]ncc23)cc(OC)c1OC. The number of benzene rings is 1. The van der Waals surface area contributed by atoms with Crippen LogP contribution < -0.4 is 14.2 Å². The molecule has 0 bridgehead atoms. The molecule has 0 atom stereocenters. The van der Waals surface area contributed by atoms with E-state index in [2.05, 4.69) is 15.2 Å². The number of methoxy groups -OCH3 is 3. The molecule has 3 aromatic rings. The number of fused-ring (bicyclic) bond motifs is 1. The Balaban J connectivity index is 2.25. The highest BCUT2D eigenvalue weighted by Gasteiger charge is 2.15. The number of aromatic nitrogens is 3. The largest absolute Gasteiger partial charge is 0.493 e. The summed E-state index contributed by atoms with van der Waals surface area (Å²) in [6.45, 7) is 0. The smallest absolute Gasteiger partial charge is 0.203 e. The van der Waals surface area contributed by atoms with Crippen LogP contribution in [0.2, 0.25) is 0 Å². The second-order valence-corrected chi connectivity index (χ2v) is 4.40. The highest BCUT2D eigenvalue weighted by atomic mass is 16.5. The Labute approximate surface area is 121 Å². The number of nitrogens with one attached hydrogen (secondary N) is 1. The van der Waals surface area contributed by atoms with Crippen molar-refractivity contribution in [2.75, 3.05) is 21.3 Å². The molecular formula is C15H15N3O3. The number of H-pyrrole nitrogens is 1. The number of rotatable bonds is 4. The summed E-state index contributed by atoms with van der Waals surface area (Å²) in [7, 11) is 4.78. The topological polar surface area (TPSA) is 69.3 Å². The zero-order chi connectivity index (χ0) is 14.8. The molecule has 0 aliphatic carbocycles. The Morgan fingerprint density at radius 1 is 1.00 bits per heavy atom. The molecule has 0 amide bonds. The third kappa shape index (κ3) is 2.14. The summed E-state index contributed by atoms with van der Waals surface area (Å²) in [5.41, 5.74) is 2.67. The Morgan fingerprint density at radius 2 is 1.71 bits per heavy atom. The maximum atomic E-state index is 5.39. The third-order valence-corrected chi connectivity index (χ3v) is 3.33. The van der Waals surface area contributed by atoms with Gasteiger partial charge in [0.2, 0.25) is 5.75 Å². The lowest BCUT2D eigenvalue weighted by molar-refractivity contribution is 0.324. The van der Waals surface area contributed by atoms with Gasteiger partial charge >= 0.3 is 0 Å². The van der Waals surface area contributed by atoms with Crippen LogP contribution in [0, 0.1) is 0 Å². The summed E-state index contributed by atoms with van der Waals surface area (Å²) in [4.78, 5) is 4.24. The first-order valence-electron chi connectivity index (χ1n) is 6.37. The van der Waals surface area contributed by atoms with Crippen LogP contribution in [0.25, 0.3) is 22.2 Å². The number of ether oxygens (including phenoxy) is 3. The van der Waals surface area contributed by atoms with E-state index in [1.165, 1.54) is 0 Å². The van der Waals surface area contributed by atoms with Crippen molar-refractivity contribution in [3.8, 4) is 28.4 Å². The predicted molar refractivity (Wildman–Crippen MR) is 79.0 cm³/mol. The van der Waals surface area contributed by atoms with Gasteiger partial charge in [0.1, 0.15) is 0 Å². The summed E-state index contributed by atoms with van der Waals surface area (Å²) >= 11 is 0. The van der Waals surface area contributed by atoms with Crippen LogP contribution in [0.4, 0.5) is 0 Å². The van der Waals surface area contributed by atoms with Crippen LogP contribution in [0.1, 0.15) is 0 Å². The van der Waals surface area contributed by atoms with Gasteiger partial charge in [0.25, 0.3) is 0 Å². The van der Waals surface area contributed by atoms with E-state index in [-0.39, 0.29) is 0 Å². The molecule has 0 unspecified atom stereocenters. The zero-order valence-electron chi connectivity index (χ0n) is 12.0. The van der Waals surface area contributed by atoms with Gasteiger partial charge in [-0.3, -0.25) is 5.10 Å². The molecule has 0 saturated carbocycles. The third-order valence-electron chi connectivity index (χ3n) is 3.33. The minimum atomic E-state index is 0.571. The molecule has 0 spiro atoms. The quantitative estimate of drug-likeness (QED) is 0.798. The van der Waals surface area contributed by atoms with Crippen molar-refractivity contribution < 1.29 is 14.2 Å². The van der Waals surface area contributed by atoms with E-state index < -0.39 is 0 Å². The monoisotopic (exact) mass is 285 g/mol. The summed E-state index contributed by atoms with van der Waals surface area (Å²) < 4.78 is 16.1. The number of hydrogen-bond donors (Lipinski definition) is 1. The molecule has 108 valence electrons. The average Bonchev–Trinajstić information content (AvgIpc) is 3.01. The van der Waals surface area contributed by atoms with Crippen molar-refractivity contribution in [2.45, 2.75) is 0 Å². The van der Waals surface area contributed by atoms with Crippen LogP contribution >= 0.6 is 0 Å². The van der Waals surface area contributed by atoms with Crippen molar-refractivity contribution >= 4 is 11.0 Å². The first-order valence-corrected chi connectivity index (χ1v) is 6.37. The van der Waals surface area contributed by atoms with Gasteiger partial charge < -0.3 is 14.2 Å². The van der Waals surface area contributed by atoms with E-state index in [9.17, 15) is 0 Å². The van der Waals surface area contributed by atoms with Crippen molar-refractivity contribution in [2.24, 2.45) is 0 Å². The number of hydrogen-bond acceptors (Lipinski definition) is 5. The summed E-state index contributed by atoms with van der Waals surface area (Å²) in [6.07, 6.45) is 3.49. The predicted octanol–water partition coefficient (Wildman–Crippen LogP) is 2.65. The van der Waals surface area contributed by atoms with Gasteiger partial charge in [-0.05, 0) is 29.3 Å². The maximum Gasteiger partial charge on any atom is 0.203 e. The lowest BCUT2D eigenvalue weighted by Crippen LogP contribution is -1.96. The molecule has 0 radical (unpaired) electrons. The van der Waals surface area contributed by atoms with Gasteiger partial charge in [0, 0.05) is 11.6 Å². The molecule has 6 nitrogen and oxygen atoms in total. The molecular weight excluding hydrogens is 270 g/mol. The van der Waals surface area contributed by atoms with Crippen molar-refractivity contribution in [1.82, 2.24) is 15.2 Å². The van der Waals surface area contributed by atoms with E-state index in [1.807, 2.05) is 18.2 Å². The first-order chi connectivity index (χ1) is 10.3. The summed E-state index contributed by atoms with van der Waals surface area (Å²) in [6, 6.07) is 5.74. The molecule has 0 fully saturated rings. The molecule has 0 aliphatic heterocycles. The Kier molecular flexibility index (Phi) is 3.35. The molecule has 0 saturated heterocycles. The van der Waals surface area contributed by atoms with E-state index in [0.29, 0.717) is 17.2 Å². The molecule has 0 aliphatic rings. The Hall–Kier alpha value is -2.76. The van der Waals surface area contributed by atoms with Gasteiger partial charge in [-0.15, -0.1) is 0 Å². The fourth-order valence-electron chi connectivity index (χ4n) is 2.34. The number of aromatic amines is 1. The van der Waals surface area contributed by atoms with Crippen molar-refractivity contribution in [3.63, 3.8) is 0 Å². The summed E-state index contributed by atoms with van der Waals surface area (Å²) in [5, 5.41) is 7.83. The van der Waals surface area contributed by atoms with Gasteiger partial charge in [-0.25, -0.2) is 4.98 Å². The van der Waals surface area contributed by atoms with Gasteiger partial charge in [0.15, 0.2) is 17.1 Å². The summed E-state index contributed by atoms with van der Waals surface area (Å²) in [5.74, 6) is 1.79. The van der Waals surface area contributed by atoms with Gasteiger partial charge in [-0.1, -0.05) is 0 Å². The fourth-order valence-corrected chi connectivity index (χ4v) is 2.34. The van der Waals surface area contributed by atoms with Crippen LogP contribution in [-0.2, 0) is 0 Å². The lowest BCUT2D eigenvalue weighted by Gasteiger charge is -2.14. The first kappa shape index (κ1) is 13.2. The van der Waals surface area contributed by atoms with E-state index in [4.69, 9.17) is 14.2 Å². The molecule has 6 heteroatoms. The number of nitrogens with zero attached hydrogens (tertiary/aromatic N) is 2. The second-order valence-electron chi connectivity index (χ2n) is 4.40. The number of pyridine rings is 1. The average molecular weight is 285 g/mol. The molecule has 1 N–H and O–H groups in total. The zero-order valence-corrected chi connectivity index (χ0v) is 12.0. The fraction of sp³-hybridized carbons (Fsp3) is 0.200. The van der Waals surface area contributed by atoms with Gasteiger partial charge in [0.05, 0.1) is 27.5 Å². The maximum absolute atomic E-state index is 5.39. The highest BCUT2D eigenvalue weighted by Crippen LogP contribution is 2.42. The van der Waals surface area contributed by atoms with Crippen LogP contribution in [0.5, 0.6) is 17.2 Å². The normalized spacial score (nSPS) is 10.6. The van der Waals surface area contributed by atoms with Crippen LogP contribution in [0.15, 0.2) is 30.6 Å². The Morgan fingerprint density at radius 3 is 2.33 bits per heavy atom. The van der Waals surface area contributed by atoms with E-state index >= 15 is 0 Å². The standard InChI is InChI=1S/C15H15N3O3/c1-19-12-6-9(7-13(20-2)14(12)21-3)10-4-5-16-15-11(10)8-17-18-15/h4-8H,1-3H3,(H,16,17,18). The minimum absolute atomic E-state index is 0.571. The van der Waals surface area contributed by atoms with Gasteiger partial charge in [-0.2, -0.15) is 5.10 Å². The second kappa shape index (κ2) is 5.32. The van der Waals surface area contributed by atoms with E-state index in [0.717, 1.165) is 22.2 Å². The highest BCUT2D eigenvalue weighted by molar-refractivity contribution is 5.92.